The van der Waals surface area contributed by atoms with Gasteiger partial charge in [-0.1, -0.05) is 0 Å². The van der Waals surface area contributed by atoms with Crippen LogP contribution in [0.25, 0.3) is 0 Å². The Morgan fingerprint density at radius 3 is 2.19 bits per heavy atom. The molecule has 2 saturated heterocycles. The van der Waals surface area contributed by atoms with Gasteiger partial charge in [-0.15, -0.1) is 0 Å². The number of nitrogens with zero attached hydrogens (tertiary/aromatic N) is 2. The van der Waals surface area contributed by atoms with Crippen molar-refractivity contribution in [2.75, 3.05) is 6.54 Å². The molecule has 2 amide bonds. The van der Waals surface area contributed by atoms with Crippen molar-refractivity contribution in [3.63, 3.8) is 0 Å². The minimum absolute atomic E-state index is 0.0900. The number of hydrogen-bond acceptors (Lipinski definition) is 6. The van der Waals surface area contributed by atoms with E-state index < -0.39 is 29.6 Å². The Hall–Kier alpha value is -2.08. The van der Waals surface area contributed by atoms with Gasteiger partial charge < -0.3 is 5.11 Å². The number of carbonyl (C=O) groups excluding carboxylic acids is 2. The average Bonchev–Trinajstić information content (AvgIpc) is 3.04. The molecule has 37 heavy (non-hydrogen) atoms. The molecule has 2 fully saturated rings. The number of carbonyl (C=O) groups is 3. The standard InChI is InChI=1S/C22H31N2O5.C2HF3O2.Hg/c1-15-12-18-17(24(22(5,6)28-18)20(26)29-21(2,3)4)13-23(15)19(25)27-14-16-10-8-7-9-11-16;3-2(4,5)1(6)7;/h7-11,15,17-18H,1,12-14H2,2-6H3;(H,6,7);/t15-,17-,18+;;/m0../s1. The van der Waals surface area contributed by atoms with Gasteiger partial charge in [0, 0.05) is 0 Å². The molecule has 13 heteroatoms. The zero-order valence-corrected chi connectivity index (χ0v) is 27.1. The van der Waals surface area contributed by atoms with Gasteiger partial charge >= 0.3 is 208 Å². The fourth-order valence-electron chi connectivity index (χ4n) is 4.19. The average molecular weight is 718 g/mol. The van der Waals surface area contributed by atoms with Gasteiger partial charge in [0.1, 0.15) is 0 Å². The maximum absolute atomic E-state index is 13.0. The maximum Gasteiger partial charge on any atom is 0.490 e. The minimum atomic E-state index is -5.08. The third-order valence-corrected chi connectivity index (χ3v) is 8.31. The fourth-order valence-corrected chi connectivity index (χ4v) is 6.32. The molecule has 0 unspecified atom stereocenters. The molecule has 1 aromatic rings. The number of aliphatic carboxylic acids is 1. The van der Waals surface area contributed by atoms with E-state index in [4.69, 9.17) is 24.1 Å². The number of fused-ring (bicyclic) bond motifs is 1. The third-order valence-electron chi connectivity index (χ3n) is 5.72. The number of benzene rings is 1. The Labute approximate surface area is 230 Å². The van der Waals surface area contributed by atoms with Gasteiger partial charge in [-0.3, -0.25) is 0 Å². The minimum Gasteiger partial charge on any atom is -0.475 e. The van der Waals surface area contributed by atoms with Gasteiger partial charge in [-0.05, 0) is 0 Å². The van der Waals surface area contributed by atoms with E-state index in [-0.39, 0.29) is 30.9 Å². The molecular formula is C24H32F3HgN2O7. The molecule has 1 aromatic carbocycles. The van der Waals surface area contributed by atoms with Crippen molar-refractivity contribution in [2.24, 2.45) is 0 Å². The molecule has 0 bridgehead atoms. The number of piperidine rings is 1. The number of alkyl halides is 3. The van der Waals surface area contributed by atoms with Crippen LogP contribution in [-0.2, 0) is 51.7 Å². The van der Waals surface area contributed by atoms with E-state index in [1.165, 1.54) is 0 Å². The van der Waals surface area contributed by atoms with Crippen LogP contribution in [0.1, 0.15) is 46.6 Å². The van der Waals surface area contributed by atoms with Crippen LogP contribution in [-0.4, -0.2) is 75.3 Å². The Kier molecular flexibility index (Phi) is 10.3. The molecule has 2 aliphatic heterocycles. The van der Waals surface area contributed by atoms with Crippen LogP contribution in [0.2, 0.25) is 3.93 Å². The second-order valence-corrected chi connectivity index (χ2v) is 12.4. The molecule has 2 aliphatic rings. The Balaban J connectivity index is 0.000000604. The van der Waals surface area contributed by atoms with Gasteiger partial charge in [0.2, 0.25) is 0 Å². The first-order valence-corrected chi connectivity index (χ1v) is 15.6. The van der Waals surface area contributed by atoms with Crippen LogP contribution in [0.15, 0.2) is 30.3 Å². The maximum atomic E-state index is 13.0. The van der Waals surface area contributed by atoms with E-state index >= 15 is 0 Å². The van der Waals surface area contributed by atoms with Crippen molar-refractivity contribution < 1.29 is 73.0 Å². The van der Waals surface area contributed by atoms with Crippen molar-refractivity contribution in [2.45, 2.75) is 87.3 Å². The van der Waals surface area contributed by atoms with Gasteiger partial charge in [0.05, 0.1) is 0 Å². The second-order valence-electron chi connectivity index (χ2n) is 10.2. The SMILES string of the molecule is CC(C)(C)OC(=O)N1[C@H]2CN(C(=O)OCc3ccccc3)[C@@H]([CH2][Hg])C[C@H]2OC1(C)C.O=C(O)C(F)(F)F. The van der Waals surface area contributed by atoms with Gasteiger partial charge in [0.15, 0.2) is 0 Å². The van der Waals surface area contributed by atoms with Crippen molar-refractivity contribution in [1.82, 2.24) is 9.80 Å². The summed E-state index contributed by atoms with van der Waals surface area (Å²) in [5, 5.41) is 7.12. The molecule has 3 atom stereocenters. The molecule has 203 valence electrons. The summed E-state index contributed by atoms with van der Waals surface area (Å²) in [4.78, 5) is 38.3. The van der Waals surface area contributed by atoms with Crippen molar-refractivity contribution >= 4 is 18.2 Å². The van der Waals surface area contributed by atoms with E-state index in [9.17, 15) is 22.8 Å². The molecule has 0 spiro atoms. The normalized spacial score (nSPS) is 22.9. The molecular weight excluding hydrogens is 686 g/mol. The summed E-state index contributed by atoms with van der Waals surface area (Å²) in [5.74, 6) is -2.76. The summed E-state index contributed by atoms with van der Waals surface area (Å²) in [6.45, 7) is 9.93. The second kappa shape index (κ2) is 12.2. The van der Waals surface area contributed by atoms with Gasteiger partial charge in [-0.25, -0.2) is 4.79 Å². The van der Waals surface area contributed by atoms with Gasteiger partial charge in [-0.2, -0.15) is 13.2 Å². The number of halogens is 3. The number of ether oxygens (including phenoxy) is 3. The summed E-state index contributed by atoms with van der Waals surface area (Å²) in [6, 6.07) is 9.49. The van der Waals surface area contributed by atoms with Crippen LogP contribution in [0.5, 0.6) is 0 Å². The van der Waals surface area contributed by atoms with E-state index in [0.717, 1.165) is 9.49 Å². The van der Waals surface area contributed by atoms with E-state index in [0.29, 0.717) is 39.1 Å². The number of carboxylic acid groups (broad SMARTS) is 1. The van der Waals surface area contributed by atoms with Crippen molar-refractivity contribution in [3.8, 4) is 0 Å². The Bertz CT molecular complexity index is 954. The van der Waals surface area contributed by atoms with Crippen LogP contribution >= 0.6 is 0 Å². The zero-order chi connectivity index (χ0) is 28.2. The molecule has 0 radical (unpaired) electrons. The first-order valence-electron chi connectivity index (χ1n) is 11.7. The van der Waals surface area contributed by atoms with Crippen LogP contribution in [0.3, 0.4) is 0 Å². The predicted molar refractivity (Wildman–Crippen MR) is 121 cm³/mol. The fraction of sp³-hybridized carbons (Fsp3) is 0.625. The number of carboxylic acids is 1. The zero-order valence-electron chi connectivity index (χ0n) is 21.6. The van der Waals surface area contributed by atoms with Crippen LogP contribution in [0.4, 0.5) is 22.8 Å². The summed E-state index contributed by atoms with van der Waals surface area (Å²) in [7, 11) is 0. The quantitative estimate of drug-likeness (QED) is 0.451. The molecule has 0 aliphatic carbocycles. The van der Waals surface area contributed by atoms with Crippen molar-refractivity contribution in [3.05, 3.63) is 35.9 Å². The molecule has 3 rings (SSSR count). The third kappa shape index (κ3) is 8.73. The molecule has 0 saturated carbocycles. The monoisotopic (exact) mass is 719 g/mol. The number of hydrogen-bond donors (Lipinski definition) is 1. The number of rotatable bonds is 3. The smallest absolute Gasteiger partial charge is 0.475 e. The molecule has 2 heterocycles. The molecule has 0 aromatic heterocycles. The molecule has 1 N–H and O–H groups in total. The number of amides is 2. The first-order chi connectivity index (χ1) is 17.0. The largest absolute Gasteiger partial charge is 0.490 e. The van der Waals surface area contributed by atoms with E-state index in [1.54, 1.807) is 9.80 Å². The topological polar surface area (TPSA) is 106 Å². The van der Waals surface area contributed by atoms with Crippen molar-refractivity contribution in [1.29, 1.82) is 0 Å². The Morgan fingerprint density at radius 2 is 1.70 bits per heavy atom. The van der Waals surface area contributed by atoms with E-state index in [1.807, 2.05) is 65.0 Å². The predicted octanol–water partition coefficient (Wildman–Crippen LogP) is 4.74. The van der Waals surface area contributed by atoms with E-state index in [2.05, 4.69) is 0 Å². The summed E-state index contributed by atoms with van der Waals surface area (Å²) in [5.41, 5.74) is -0.441. The first kappa shape index (κ1) is 31.1. The van der Waals surface area contributed by atoms with Crippen LogP contribution in [0, 0.1) is 0 Å². The van der Waals surface area contributed by atoms with Gasteiger partial charge in [0.25, 0.3) is 0 Å². The summed E-state index contributed by atoms with van der Waals surface area (Å²) in [6.07, 6.45) is -5.23. The number of likely N-dealkylation sites (tertiary alicyclic amines) is 1. The summed E-state index contributed by atoms with van der Waals surface area (Å²) >= 11 is 0.530. The van der Waals surface area contributed by atoms with Crippen LogP contribution < -0.4 is 0 Å². The Morgan fingerprint density at radius 1 is 1.14 bits per heavy atom. The molecule has 9 nitrogen and oxygen atoms in total. The summed E-state index contributed by atoms with van der Waals surface area (Å²) < 4.78 is 50.2.